The van der Waals surface area contributed by atoms with E-state index in [1.165, 1.54) is 23.9 Å². The molecule has 3 aromatic rings. The third-order valence-electron chi connectivity index (χ3n) is 4.53. The van der Waals surface area contributed by atoms with Gasteiger partial charge in [-0.15, -0.1) is 0 Å². The maximum atomic E-state index is 13.0. The number of nitrogens with zero attached hydrogens (tertiary/aromatic N) is 1. The van der Waals surface area contributed by atoms with E-state index in [4.69, 9.17) is 27.9 Å². The quantitative estimate of drug-likeness (QED) is 0.398. The zero-order chi connectivity index (χ0) is 22.7. The van der Waals surface area contributed by atoms with Crippen molar-refractivity contribution in [3.63, 3.8) is 0 Å². The lowest BCUT2D eigenvalue weighted by Crippen LogP contribution is -2.19. The normalized spacial score (nSPS) is 15.9. The predicted octanol–water partition coefficient (Wildman–Crippen LogP) is 6.91. The highest BCUT2D eigenvalue weighted by Gasteiger charge is 2.24. The topological polar surface area (TPSA) is 50.7 Å². The number of hydrogen-bond acceptors (Lipinski definition) is 4. The molecule has 0 saturated carbocycles. The van der Waals surface area contributed by atoms with Crippen LogP contribution in [0.2, 0.25) is 10.0 Å². The smallest absolute Gasteiger partial charge is 0.264 e. The number of carbonyl (C=O) groups excluding carboxylic acids is 1. The monoisotopic (exact) mass is 486 g/mol. The average molecular weight is 487 g/mol. The molecule has 0 spiro atoms. The van der Waals surface area contributed by atoms with Gasteiger partial charge in [-0.2, -0.15) is 0 Å². The molecular formula is C24H17Cl2FN2O2S. The standard InChI is InChI=1S/C24H17Cl2FN2O2S/c1-14-2-8-18(9-3-14)28-24-29-23(30)21(32-24)12-16-10-19(25)22(20(26)11-16)31-13-15-4-6-17(27)7-5-15/h2-12H,13H2,1H3,(H,28,29,30)/b21-12-. The van der Waals surface area contributed by atoms with Crippen LogP contribution < -0.4 is 10.1 Å². The molecule has 4 nitrogen and oxygen atoms in total. The van der Waals surface area contributed by atoms with Crippen LogP contribution in [-0.2, 0) is 11.4 Å². The van der Waals surface area contributed by atoms with Crippen LogP contribution in [0, 0.1) is 12.7 Å². The molecule has 0 unspecified atom stereocenters. The molecular weight excluding hydrogens is 470 g/mol. The number of thioether (sulfide) groups is 1. The first-order valence-electron chi connectivity index (χ1n) is 9.60. The molecule has 8 heteroatoms. The van der Waals surface area contributed by atoms with E-state index in [2.05, 4.69) is 10.3 Å². The molecule has 1 heterocycles. The van der Waals surface area contributed by atoms with E-state index in [9.17, 15) is 9.18 Å². The van der Waals surface area contributed by atoms with E-state index < -0.39 is 0 Å². The fraction of sp³-hybridized carbons (Fsp3) is 0.0833. The summed E-state index contributed by atoms with van der Waals surface area (Å²) in [4.78, 5) is 17.3. The maximum absolute atomic E-state index is 13.0. The third kappa shape index (κ3) is 5.51. The van der Waals surface area contributed by atoms with Crippen LogP contribution in [0.4, 0.5) is 10.1 Å². The Hall–Kier alpha value is -2.80. The number of hydrogen-bond donors (Lipinski definition) is 1. The minimum Gasteiger partial charge on any atom is -0.486 e. The number of aliphatic imine (C=N–C) groups is 1. The summed E-state index contributed by atoms with van der Waals surface area (Å²) in [6.07, 6.45) is 1.69. The van der Waals surface area contributed by atoms with Crippen molar-refractivity contribution in [2.24, 2.45) is 4.99 Å². The predicted molar refractivity (Wildman–Crippen MR) is 129 cm³/mol. The van der Waals surface area contributed by atoms with Gasteiger partial charge in [0.15, 0.2) is 10.9 Å². The largest absolute Gasteiger partial charge is 0.486 e. The second-order valence-corrected chi connectivity index (χ2v) is 8.89. The summed E-state index contributed by atoms with van der Waals surface area (Å²) < 4.78 is 18.8. The summed E-state index contributed by atoms with van der Waals surface area (Å²) >= 11 is 14.0. The molecule has 0 radical (unpaired) electrons. The lowest BCUT2D eigenvalue weighted by atomic mass is 10.2. The van der Waals surface area contributed by atoms with Crippen molar-refractivity contribution in [3.8, 4) is 5.75 Å². The van der Waals surface area contributed by atoms with Crippen molar-refractivity contribution in [1.82, 2.24) is 5.32 Å². The number of amides is 1. The molecule has 0 atom stereocenters. The van der Waals surface area contributed by atoms with Crippen LogP contribution in [0.15, 0.2) is 70.6 Å². The van der Waals surface area contributed by atoms with Crippen molar-refractivity contribution < 1.29 is 13.9 Å². The van der Waals surface area contributed by atoms with E-state index in [-0.39, 0.29) is 18.3 Å². The zero-order valence-corrected chi connectivity index (χ0v) is 19.2. The minimum absolute atomic E-state index is 0.192. The molecule has 1 fully saturated rings. The Kier molecular flexibility index (Phi) is 6.84. The number of ether oxygens (including phenoxy) is 1. The summed E-state index contributed by atoms with van der Waals surface area (Å²) in [6.45, 7) is 2.19. The van der Waals surface area contributed by atoms with Gasteiger partial charge in [-0.3, -0.25) is 4.79 Å². The third-order valence-corrected chi connectivity index (χ3v) is 6.00. The first-order valence-corrected chi connectivity index (χ1v) is 11.2. The Bertz CT molecular complexity index is 1200. The lowest BCUT2D eigenvalue weighted by Gasteiger charge is -2.11. The Morgan fingerprint density at radius 2 is 1.72 bits per heavy atom. The highest BCUT2D eigenvalue weighted by Crippen LogP contribution is 2.36. The fourth-order valence-electron chi connectivity index (χ4n) is 2.91. The first kappa shape index (κ1) is 22.4. The molecule has 1 N–H and O–H groups in total. The summed E-state index contributed by atoms with van der Waals surface area (Å²) in [5.74, 6) is -0.238. The summed E-state index contributed by atoms with van der Waals surface area (Å²) in [5, 5.41) is 3.88. The minimum atomic E-state index is -0.317. The Morgan fingerprint density at radius 3 is 2.38 bits per heavy atom. The molecule has 32 heavy (non-hydrogen) atoms. The van der Waals surface area contributed by atoms with Crippen LogP contribution in [0.25, 0.3) is 6.08 Å². The van der Waals surface area contributed by atoms with Crippen molar-refractivity contribution in [1.29, 1.82) is 0 Å². The van der Waals surface area contributed by atoms with Crippen molar-refractivity contribution in [2.75, 3.05) is 0 Å². The van der Waals surface area contributed by atoms with E-state index in [1.807, 2.05) is 31.2 Å². The van der Waals surface area contributed by atoms with E-state index >= 15 is 0 Å². The first-order chi connectivity index (χ1) is 15.4. The molecule has 1 amide bonds. The SMILES string of the molecule is Cc1ccc(N=C2NC(=O)/C(=C/c3cc(Cl)c(OCc4ccc(F)cc4)c(Cl)c3)S2)cc1. The van der Waals surface area contributed by atoms with Gasteiger partial charge < -0.3 is 10.1 Å². The van der Waals surface area contributed by atoms with Crippen LogP contribution in [0.1, 0.15) is 16.7 Å². The Balaban J connectivity index is 1.49. The molecule has 4 rings (SSSR count). The summed E-state index contributed by atoms with van der Waals surface area (Å²) in [7, 11) is 0. The van der Waals surface area contributed by atoms with Crippen LogP contribution in [0.5, 0.6) is 5.75 Å². The van der Waals surface area contributed by atoms with Gasteiger partial charge in [-0.1, -0.05) is 53.0 Å². The number of benzene rings is 3. The van der Waals surface area contributed by atoms with E-state index in [0.717, 1.165) is 16.8 Å². The van der Waals surface area contributed by atoms with Gasteiger partial charge in [0.2, 0.25) is 0 Å². The molecule has 162 valence electrons. The number of aryl methyl sites for hydroxylation is 1. The highest BCUT2D eigenvalue weighted by atomic mass is 35.5. The maximum Gasteiger partial charge on any atom is 0.264 e. The number of nitrogens with one attached hydrogen (secondary N) is 1. The van der Waals surface area contributed by atoms with Crippen molar-refractivity contribution >= 4 is 57.8 Å². The molecule has 1 aliphatic rings. The Labute approximate surface area is 199 Å². The number of carbonyl (C=O) groups is 1. The summed E-state index contributed by atoms with van der Waals surface area (Å²) in [6, 6.07) is 17.0. The molecule has 1 saturated heterocycles. The lowest BCUT2D eigenvalue weighted by molar-refractivity contribution is -0.115. The van der Waals surface area contributed by atoms with Gasteiger partial charge in [-0.25, -0.2) is 9.38 Å². The van der Waals surface area contributed by atoms with Gasteiger partial charge >= 0.3 is 0 Å². The second kappa shape index (κ2) is 9.77. The molecule has 3 aromatic carbocycles. The van der Waals surface area contributed by atoms with Crippen LogP contribution in [0.3, 0.4) is 0 Å². The molecule has 0 bridgehead atoms. The molecule has 0 aromatic heterocycles. The van der Waals surface area contributed by atoms with Gasteiger partial charge in [-0.05, 0) is 72.3 Å². The summed E-state index contributed by atoms with van der Waals surface area (Å²) in [5.41, 5.74) is 3.33. The highest BCUT2D eigenvalue weighted by molar-refractivity contribution is 8.18. The van der Waals surface area contributed by atoms with E-state index in [0.29, 0.717) is 31.4 Å². The molecule has 1 aliphatic heterocycles. The zero-order valence-electron chi connectivity index (χ0n) is 16.9. The molecule has 0 aliphatic carbocycles. The Morgan fingerprint density at radius 1 is 1.06 bits per heavy atom. The van der Waals surface area contributed by atoms with Crippen LogP contribution >= 0.6 is 35.0 Å². The van der Waals surface area contributed by atoms with Crippen molar-refractivity contribution in [2.45, 2.75) is 13.5 Å². The van der Waals surface area contributed by atoms with Gasteiger partial charge in [0.1, 0.15) is 12.4 Å². The van der Waals surface area contributed by atoms with Crippen LogP contribution in [-0.4, -0.2) is 11.1 Å². The van der Waals surface area contributed by atoms with Gasteiger partial charge in [0.05, 0.1) is 20.6 Å². The number of halogens is 3. The van der Waals surface area contributed by atoms with E-state index in [1.54, 1.807) is 30.3 Å². The second-order valence-electron chi connectivity index (χ2n) is 7.05. The fourth-order valence-corrected chi connectivity index (χ4v) is 4.36. The van der Waals surface area contributed by atoms with Gasteiger partial charge in [0.25, 0.3) is 5.91 Å². The number of rotatable bonds is 5. The van der Waals surface area contributed by atoms with Crippen molar-refractivity contribution in [3.05, 3.63) is 98.1 Å². The number of amidine groups is 1. The average Bonchev–Trinajstić information content (AvgIpc) is 3.09. The van der Waals surface area contributed by atoms with Gasteiger partial charge in [0, 0.05) is 0 Å².